The van der Waals surface area contributed by atoms with Gasteiger partial charge in [0, 0.05) is 5.39 Å². The summed E-state index contributed by atoms with van der Waals surface area (Å²) < 4.78 is 35.4. The van der Waals surface area contributed by atoms with Gasteiger partial charge in [0.2, 0.25) is 0 Å². The average molecular weight is 328 g/mol. The van der Waals surface area contributed by atoms with Crippen LogP contribution in [0, 0.1) is 0 Å². The lowest BCUT2D eigenvalue weighted by Crippen LogP contribution is -2.04. The standard InChI is InChI=1S/C20H18F2O2/c1-3-13-4-5-16-12-15(14-6-9-17(23-2)10-7-14)8-11-18(16)19(13)24-20(21)22/h4-12,20H,3H2,1-2H3. The molecule has 0 N–H and O–H groups in total. The van der Waals surface area contributed by atoms with Gasteiger partial charge in [0.15, 0.2) is 0 Å². The molecule has 0 atom stereocenters. The van der Waals surface area contributed by atoms with Gasteiger partial charge in [-0.1, -0.05) is 43.3 Å². The van der Waals surface area contributed by atoms with Crippen LogP contribution in [0.1, 0.15) is 12.5 Å². The fraction of sp³-hybridized carbons (Fsp3) is 0.200. The van der Waals surface area contributed by atoms with Gasteiger partial charge in [-0.2, -0.15) is 8.78 Å². The van der Waals surface area contributed by atoms with Crippen molar-refractivity contribution in [1.82, 2.24) is 0 Å². The van der Waals surface area contributed by atoms with Gasteiger partial charge in [0.25, 0.3) is 0 Å². The van der Waals surface area contributed by atoms with Crippen molar-refractivity contribution >= 4 is 10.8 Å². The van der Waals surface area contributed by atoms with E-state index < -0.39 is 6.61 Å². The molecule has 0 unspecified atom stereocenters. The quantitative estimate of drug-likeness (QED) is 0.600. The van der Waals surface area contributed by atoms with E-state index in [1.54, 1.807) is 7.11 Å². The molecule has 0 aliphatic carbocycles. The van der Waals surface area contributed by atoms with Crippen LogP contribution in [0.3, 0.4) is 0 Å². The largest absolute Gasteiger partial charge is 0.497 e. The van der Waals surface area contributed by atoms with Gasteiger partial charge in [0.05, 0.1) is 7.11 Å². The highest BCUT2D eigenvalue weighted by atomic mass is 19.3. The van der Waals surface area contributed by atoms with Gasteiger partial charge in [0.1, 0.15) is 11.5 Å². The van der Waals surface area contributed by atoms with Crippen LogP contribution in [0.15, 0.2) is 54.6 Å². The highest BCUT2D eigenvalue weighted by Crippen LogP contribution is 2.34. The molecule has 3 rings (SSSR count). The zero-order valence-corrected chi connectivity index (χ0v) is 13.6. The number of aryl methyl sites for hydroxylation is 1. The van der Waals surface area contributed by atoms with Crippen LogP contribution in [0.4, 0.5) is 8.78 Å². The van der Waals surface area contributed by atoms with Crippen LogP contribution in [0.25, 0.3) is 21.9 Å². The van der Waals surface area contributed by atoms with E-state index >= 15 is 0 Å². The maximum atomic E-state index is 12.7. The Morgan fingerprint density at radius 2 is 1.62 bits per heavy atom. The van der Waals surface area contributed by atoms with E-state index in [4.69, 9.17) is 9.47 Å². The fourth-order valence-corrected chi connectivity index (χ4v) is 2.82. The summed E-state index contributed by atoms with van der Waals surface area (Å²) in [5, 5.41) is 1.57. The summed E-state index contributed by atoms with van der Waals surface area (Å²) in [5.41, 5.74) is 2.82. The van der Waals surface area contributed by atoms with Crippen molar-refractivity contribution in [3.05, 3.63) is 60.2 Å². The summed E-state index contributed by atoms with van der Waals surface area (Å²) in [6.07, 6.45) is 0.637. The maximum Gasteiger partial charge on any atom is 0.387 e. The van der Waals surface area contributed by atoms with Crippen molar-refractivity contribution in [3.63, 3.8) is 0 Å². The summed E-state index contributed by atoms with van der Waals surface area (Å²) >= 11 is 0. The summed E-state index contributed by atoms with van der Waals surface area (Å²) in [5.74, 6) is 1.06. The highest BCUT2D eigenvalue weighted by molar-refractivity contribution is 5.93. The minimum absolute atomic E-state index is 0.270. The second-order valence-electron chi connectivity index (χ2n) is 5.45. The molecule has 0 saturated carbocycles. The molecule has 0 radical (unpaired) electrons. The van der Waals surface area contributed by atoms with Crippen molar-refractivity contribution in [3.8, 4) is 22.6 Å². The Hall–Kier alpha value is -2.62. The van der Waals surface area contributed by atoms with Gasteiger partial charge < -0.3 is 9.47 Å². The average Bonchev–Trinajstić information content (AvgIpc) is 2.61. The highest BCUT2D eigenvalue weighted by Gasteiger charge is 2.13. The summed E-state index contributed by atoms with van der Waals surface area (Å²) in [6, 6.07) is 17.3. The number of halogens is 2. The monoisotopic (exact) mass is 328 g/mol. The Morgan fingerprint density at radius 1 is 0.917 bits per heavy atom. The minimum atomic E-state index is -2.83. The molecule has 124 valence electrons. The molecular weight excluding hydrogens is 310 g/mol. The van der Waals surface area contributed by atoms with Crippen molar-refractivity contribution in [1.29, 1.82) is 0 Å². The Balaban J connectivity index is 2.08. The molecule has 0 bridgehead atoms. The van der Waals surface area contributed by atoms with Crippen LogP contribution < -0.4 is 9.47 Å². The van der Waals surface area contributed by atoms with E-state index in [2.05, 4.69) is 0 Å². The van der Waals surface area contributed by atoms with Crippen molar-refractivity contribution in [2.24, 2.45) is 0 Å². The molecule has 0 fully saturated rings. The van der Waals surface area contributed by atoms with E-state index in [1.165, 1.54) is 0 Å². The predicted octanol–water partition coefficient (Wildman–Crippen LogP) is 5.68. The smallest absolute Gasteiger partial charge is 0.387 e. The van der Waals surface area contributed by atoms with Gasteiger partial charge in [-0.05, 0) is 46.7 Å². The number of hydrogen-bond acceptors (Lipinski definition) is 2. The number of methoxy groups -OCH3 is 1. The van der Waals surface area contributed by atoms with E-state index in [0.29, 0.717) is 11.8 Å². The van der Waals surface area contributed by atoms with Crippen molar-refractivity contribution < 1.29 is 18.3 Å². The van der Waals surface area contributed by atoms with E-state index in [0.717, 1.165) is 27.8 Å². The van der Waals surface area contributed by atoms with Crippen LogP contribution in [-0.4, -0.2) is 13.7 Å². The minimum Gasteiger partial charge on any atom is -0.497 e. The Kier molecular flexibility index (Phi) is 4.65. The first-order valence-corrected chi connectivity index (χ1v) is 7.77. The zero-order valence-electron chi connectivity index (χ0n) is 13.6. The molecule has 0 aromatic heterocycles. The second kappa shape index (κ2) is 6.87. The van der Waals surface area contributed by atoms with Crippen LogP contribution in [-0.2, 0) is 6.42 Å². The molecule has 3 aromatic rings. The predicted molar refractivity (Wildman–Crippen MR) is 91.9 cm³/mol. The maximum absolute atomic E-state index is 12.7. The molecule has 0 aliphatic heterocycles. The van der Waals surface area contributed by atoms with Gasteiger partial charge in [-0.25, -0.2) is 0 Å². The molecule has 0 heterocycles. The normalized spacial score (nSPS) is 11.0. The summed E-state index contributed by atoms with van der Waals surface area (Å²) in [4.78, 5) is 0. The lowest BCUT2D eigenvalue weighted by Gasteiger charge is -2.14. The van der Waals surface area contributed by atoms with Crippen LogP contribution >= 0.6 is 0 Å². The Bertz CT molecular complexity index is 842. The SMILES string of the molecule is CCc1ccc2cc(-c3ccc(OC)cc3)ccc2c1OC(F)F. The second-order valence-corrected chi connectivity index (χ2v) is 5.45. The fourth-order valence-electron chi connectivity index (χ4n) is 2.82. The first-order chi connectivity index (χ1) is 11.6. The van der Waals surface area contributed by atoms with E-state index in [-0.39, 0.29) is 5.75 Å². The molecule has 0 spiro atoms. The van der Waals surface area contributed by atoms with E-state index in [1.807, 2.05) is 61.5 Å². The number of hydrogen-bond donors (Lipinski definition) is 0. The van der Waals surface area contributed by atoms with Crippen LogP contribution in [0.5, 0.6) is 11.5 Å². The number of ether oxygens (including phenoxy) is 2. The van der Waals surface area contributed by atoms with Gasteiger partial charge in [-0.3, -0.25) is 0 Å². The number of fused-ring (bicyclic) bond motifs is 1. The molecule has 0 amide bonds. The molecule has 0 aliphatic rings. The van der Waals surface area contributed by atoms with Gasteiger partial charge in [-0.15, -0.1) is 0 Å². The topological polar surface area (TPSA) is 18.5 Å². The molecule has 24 heavy (non-hydrogen) atoms. The van der Waals surface area contributed by atoms with E-state index in [9.17, 15) is 8.78 Å². The number of rotatable bonds is 5. The first kappa shape index (κ1) is 16.2. The third-order valence-corrected chi connectivity index (χ3v) is 4.06. The molecular formula is C20H18F2O2. The van der Waals surface area contributed by atoms with Crippen LogP contribution in [0.2, 0.25) is 0 Å². The lowest BCUT2D eigenvalue weighted by atomic mass is 9.98. The third-order valence-electron chi connectivity index (χ3n) is 4.06. The molecule has 3 aromatic carbocycles. The molecule has 2 nitrogen and oxygen atoms in total. The summed E-state index contributed by atoms with van der Waals surface area (Å²) in [7, 11) is 1.63. The molecule has 4 heteroatoms. The Morgan fingerprint density at radius 3 is 2.25 bits per heavy atom. The lowest BCUT2D eigenvalue weighted by molar-refractivity contribution is -0.0493. The van der Waals surface area contributed by atoms with Crippen molar-refractivity contribution in [2.45, 2.75) is 20.0 Å². The Labute approximate surface area is 139 Å². The summed E-state index contributed by atoms with van der Waals surface area (Å²) in [6.45, 7) is -0.909. The molecule has 0 saturated heterocycles. The zero-order chi connectivity index (χ0) is 17.1. The number of benzene rings is 3. The first-order valence-electron chi connectivity index (χ1n) is 7.77. The van der Waals surface area contributed by atoms with Crippen molar-refractivity contribution in [2.75, 3.05) is 7.11 Å². The number of alkyl halides is 2. The third kappa shape index (κ3) is 3.18. The van der Waals surface area contributed by atoms with Gasteiger partial charge >= 0.3 is 6.61 Å².